The normalized spacial score (nSPS) is 13.1. The zero-order valence-electron chi connectivity index (χ0n) is 11.6. The van der Waals surface area contributed by atoms with Crippen molar-refractivity contribution in [3.05, 3.63) is 63.9 Å². The minimum absolute atomic E-state index is 0.206. The highest BCUT2D eigenvalue weighted by Gasteiger charge is 2.19. The van der Waals surface area contributed by atoms with Crippen molar-refractivity contribution >= 4 is 26.0 Å². The minimum atomic E-state index is -3.62. The highest BCUT2D eigenvalue weighted by molar-refractivity contribution is 9.10. The lowest BCUT2D eigenvalue weighted by Gasteiger charge is -2.15. The van der Waals surface area contributed by atoms with Crippen molar-refractivity contribution in [1.29, 1.82) is 0 Å². The first-order valence-corrected chi connectivity index (χ1v) is 8.61. The Balaban J connectivity index is 2.24. The molecule has 0 saturated heterocycles. The van der Waals surface area contributed by atoms with Crippen LogP contribution in [0.1, 0.15) is 24.1 Å². The average molecular weight is 372 g/mol. The standard InChI is InChI=1S/C15H15BrFNO2S/c1-10-9-14(7-8-15(10)16)21(19,20)18-11(2)12-3-5-13(17)6-4-12/h3-9,11,18H,1-2H3. The summed E-state index contributed by atoms with van der Waals surface area (Å²) in [4.78, 5) is 0.206. The van der Waals surface area contributed by atoms with E-state index in [-0.39, 0.29) is 10.7 Å². The first kappa shape index (κ1) is 16.1. The summed E-state index contributed by atoms with van der Waals surface area (Å²) in [5.74, 6) is -0.350. The van der Waals surface area contributed by atoms with Gasteiger partial charge in [-0.1, -0.05) is 28.1 Å². The fraction of sp³-hybridized carbons (Fsp3) is 0.200. The molecule has 0 aliphatic heterocycles. The number of benzene rings is 2. The number of halogens is 2. The Bertz CT molecular complexity index is 745. The highest BCUT2D eigenvalue weighted by Crippen LogP contribution is 2.22. The second kappa shape index (κ2) is 6.25. The van der Waals surface area contributed by atoms with Crippen LogP contribution >= 0.6 is 15.9 Å². The van der Waals surface area contributed by atoms with E-state index in [9.17, 15) is 12.8 Å². The maximum absolute atomic E-state index is 12.9. The van der Waals surface area contributed by atoms with E-state index in [4.69, 9.17) is 0 Å². The summed E-state index contributed by atoms with van der Waals surface area (Å²) >= 11 is 3.34. The highest BCUT2D eigenvalue weighted by atomic mass is 79.9. The summed E-state index contributed by atoms with van der Waals surface area (Å²) in [7, 11) is -3.62. The number of sulfonamides is 1. The van der Waals surface area contributed by atoms with E-state index in [1.807, 2.05) is 6.92 Å². The van der Waals surface area contributed by atoms with Crippen molar-refractivity contribution in [1.82, 2.24) is 4.72 Å². The Hall–Kier alpha value is -1.24. The molecule has 2 rings (SSSR count). The smallest absolute Gasteiger partial charge is 0.207 e. The summed E-state index contributed by atoms with van der Waals surface area (Å²) in [6.07, 6.45) is 0. The predicted molar refractivity (Wildman–Crippen MR) is 84.0 cm³/mol. The third-order valence-corrected chi connectivity index (χ3v) is 5.57. The van der Waals surface area contributed by atoms with E-state index in [2.05, 4.69) is 20.7 Å². The molecule has 0 aliphatic rings. The van der Waals surface area contributed by atoms with Gasteiger partial charge in [0.2, 0.25) is 10.0 Å². The van der Waals surface area contributed by atoms with Crippen LogP contribution in [0.3, 0.4) is 0 Å². The summed E-state index contributed by atoms with van der Waals surface area (Å²) in [6.45, 7) is 3.54. The lowest BCUT2D eigenvalue weighted by molar-refractivity contribution is 0.566. The molecule has 0 aliphatic carbocycles. The van der Waals surface area contributed by atoms with Gasteiger partial charge in [0.25, 0.3) is 0 Å². The summed E-state index contributed by atoms with van der Waals surface area (Å²) in [5.41, 5.74) is 1.54. The van der Waals surface area contributed by atoms with Crippen molar-refractivity contribution in [2.75, 3.05) is 0 Å². The molecular weight excluding hydrogens is 357 g/mol. The molecule has 6 heteroatoms. The molecule has 3 nitrogen and oxygen atoms in total. The summed E-state index contributed by atoms with van der Waals surface area (Å²) < 4.78 is 41.0. The van der Waals surface area contributed by atoms with E-state index >= 15 is 0 Å². The van der Waals surface area contributed by atoms with E-state index in [1.165, 1.54) is 18.2 Å². The lowest BCUT2D eigenvalue weighted by Crippen LogP contribution is -2.27. The van der Waals surface area contributed by atoms with Gasteiger partial charge < -0.3 is 0 Å². The molecule has 0 amide bonds. The van der Waals surface area contributed by atoms with Crippen LogP contribution in [0.2, 0.25) is 0 Å². The molecule has 0 saturated carbocycles. The maximum atomic E-state index is 12.9. The van der Waals surface area contributed by atoms with Crippen molar-refractivity contribution in [2.24, 2.45) is 0 Å². The van der Waals surface area contributed by atoms with Crippen LogP contribution in [0.25, 0.3) is 0 Å². The van der Waals surface area contributed by atoms with Crippen molar-refractivity contribution in [2.45, 2.75) is 24.8 Å². The van der Waals surface area contributed by atoms with Gasteiger partial charge in [-0.3, -0.25) is 0 Å². The molecule has 0 aromatic heterocycles. The number of hydrogen-bond acceptors (Lipinski definition) is 2. The van der Waals surface area contributed by atoms with Gasteiger partial charge in [0.05, 0.1) is 4.90 Å². The Morgan fingerprint density at radius 1 is 1.14 bits per heavy atom. The average Bonchev–Trinajstić information content (AvgIpc) is 2.42. The third kappa shape index (κ3) is 3.90. The number of aryl methyl sites for hydroxylation is 1. The van der Waals surface area contributed by atoms with Gasteiger partial charge in [-0.05, 0) is 55.3 Å². The predicted octanol–water partition coefficient (Wildman–Crippen LogP) is 3.94. The van der Waals surface area contributed by atoms with Crippen LogP contribution in [-0.4, -0.2) is 8.42 Å². The second-order valence-corrected chi connectivity index (χ2v) is 7.37. The first-order valence-electron chi connectivity index (χ1n) is 6.33. The molecule has 2 aromatic carbocycles. The van der Waals surface area contributed by atoms with Crippen molar-refractivity contribution in [3.8, 4) is 0 Å². The van der Waals surface area contributed by atoms with E-state index < -0.39 is 16.1 Å². The number of hydrogen-bond donors (Lipinski definition) is 1. The molecule has 0 radical (unpaired) electrons. The topological polar surface area (TPSA) is 46.2 Å². The third-order valence-electron chi connectivity index (χ3n) is 3.14. The molecule has 0 spiro atoms. The first-order chi connectivity index (χ1) is 9.79. The van der Waals surface area contributed by atoms with Gasteiger partial charge in [0.1, 0.15) is 5.82 Å². The molecule has 1 N–H and O–H groups in total. The van der Waals surface area contributed by atoms with Crippen molar-refractivity contribution < 1.29 is 12.8 Å². The zero-order valence-corrected chi connectivity index (χ0v) is 14.0. The van der Waals surface area contributed by atoms with Gasteiger partial charge in [-0.25, -0.2) is 17.5 Å². The summed E-state index contributed by atoms with van der Waals surface area (Å²) in [5, 5.41) is 0. The molecule has 21 heavy (non-hydrogen) atoms. The van der Waals surface area contributed by atoms with Crippen LogP contribution in [0.5, 0.6) is 0 Å². The Morgan fingerprint density at radius 3 is 2.33 bits per heavy atom. The van der Waals surface area contributed by atoms with E-state index in [0.29, 0.717) is 5.56 Å². The van der Waals surface area contributed by atoms with Gasteiger partial charge in [0, 0.05) is 10.5 Å². The Morgan fingerprint density at radius 2 is 1.76 bits per heavy atom. The van der Waals surface area contributed by atoms with Gasteiger partial charge >= 0.3 is 0 Å². The summed E-state index contributed by atoms with van der Waals surface area (Å²) in [6, 6.07) is 10.1. The van der Waals surface area contributed by atoms with Crippen LogP contribution < -0.4 is 4.72 Å². The van der Waals surface area contributed by atoms with Crippen molar-refractivity contribution in [3.63, 3.8) is 0 Å². The second-order valence-electron chi connectivity index (χ2n) is 4.81. The molecule has 0 heterocycles. The number of nitrogens with one attached hydrogen (secondary N) is 1. The Kier molecular flexibility index (Phi) is 4.81. The van der Waals surface area contributed by atoms with Gasteiger partial charge in [-0.15, -0.1) is 0 Å². The fourth-order valence-electron chi connectivity index (χ4n) is 1.90. The molecule has 112 valence electrons. The fourth-order valence-corrected chi connectivity index (χ4v) is 3.47. The maximum Gasteiger partial charge on any atom is 0.241 e. The van der Waals surface area contributed by atoms with Crippen LogP contribution in [0.4, 0.5) is 4.39 Å². The largest absolute Gasteiger partial charge is 0.241 e. The quantitative estimate of drug-likeness (QED) is 0.884. The lowest BCUT2D eigenvalue weighted by atomic mass is 10.1. The van der Waals surface area contributed by atoms with Gasteiger partial charge in [-0.2, -0.15) is 0 Å². The van der Waals surface area contributed by atoms with Crippen LogP contribution in [0.15, 0.2) is 51.8 Å². The molecule has 1 unspecified atom stereocenters. The Labute approximate surface area is 132 Å². The van der Waals surface area contributed by atoms with E-state index in [1.54, 1.807) is 31.2 Å². The van der Waals surface area contributed by atoms with Gasteiger partial charge in [0.15, 0.2) is 0 Å². The molecule has 1 atom stereocenters. The molecule has 0 bridgehead atoms. The molecule has 0 fully saturated rings. The number of rotatable bonds is 4. The van der Waals surface area contributed by atoms with Crippen LogP contribution in [-0.2, 0) is 10.0 Å². The minimum Gasteiger partial charge on any atom is -0.207 e. The molecular formula is C15H15BrFNO2S. The molecule has 2 aromatic rings. The monoisotopic (exact) mass is 371 g/mol. The SMILES string of the molecule is Cc1cc(S(=O)(=O)NC(C)c2ccc(F)cc2)ccc1Br. The van der Waals surface area contributed by atoms with Crippen LogP contribution in [0, 0.1) is 12.7 Å². The van der Waals surface area contributed by atoms with E-state index in [0.717, 1.165) is 10.0 Å². The zero-order chi connectivity index (χ0) is 15.6.